The molecule has 0 saturated carbocycles. The Bertz CT molecular complexity index is 1010. The van der Waals surface area contributed by atoms with E-state index in [9.17, 15) is 4.79 Å². The number of likely N-dealkylation sites (N-methyl/N-ethyl adjacent to an activating group) is 1. The molecule has 1 atom stereocenters. The first-order valence-electron chi connectivity index (χ1n) is 11.7. The fourth-order valence-corrected chi connectivity index (χ4v) is 7.04. The zero-order valence-corrected chi connectivity index (χ0v) is 26.5. The van der Waals surface area contributed by atoms with E-state index in [0.717, 1.165) is 59.8 Å². The van der Waals surface area contributed by atoms with Gasteiger partial charge in [0, 0.05) is 31.1 Å². The van der Waals surface area contributed by atoms with Crippen LogP contribution in [0.25, 0.3) is 0 Å². The summed E-state index contributed by atoms with van der Waals surface area (Å²) >= 11 is 0.412. The number of aromatic nitrogens is 1. The number of hydrogen-bond donors (Lipinski definition) is 0. The van der Waals surface area contributed by atoms with Crippen molar-refractivity contribution in [2.45, 2.75) is 49.6 Å². The molecule has 2 fully saturated rings. The Balaban J connectivity index is 0.00000259. The quantitative estimate of drug-likeness (QED) is 0.259. The molecule has 0 N–H and O–H groups in total. The number of benzene rings is 1. The van der Waals surface area contributed by atoms with Gasteiger partial charge in [0.2, 0.25) is 0 Å². The first-order chi connectivity index (χ1) is 15.4. The van der Waals surface area contributed by atoms with Crippen molar-refractivity contribution in [1.29, 1.82) is 0 Å². The molecule has 0 aliphatic carbocycles. The topological polar surface area (TPSA) is 37.7 Å². The van der Waals surface area contributed by atoms with E-state index < -0.39 is 0 Å². The molecule has 1 unspecified atom stereocenters. The van der Waals surface area contributed by atoms with E-state index >= 15 is 0 Å². The third kappa shape index (κ3) is 4.94. The molecule has 7 heteroatoms. The summed E-state index contributed by atoms with van der Waals surface area (Å²) in [5, 5.41) is 0. The maximum absolute atomic E-state index is 13.3. The third-order valence-corrected chi connectivity index (χ3v) is 9.73. The fourth-order valence-electron chi connectivity index (χ4n) is 5.34. The zero-order valence-electron chi connectivity index (χ0n) is 20.2. The number of amides is 1. The van der Waals surface area contributed by atoms with Crippen molar-refractivity contribution in [2.75, 3.05) is 37.7 Å². The molecule has 2 aromatic rings. The van der Waals surface area contributed by atoms with Crippen LogP contribution in [-0.4, -0.2) is 58.0 Å². The van der Waals surface area contributed by atoms with E-state index in [1.54, 1.807) is 5.69 Å². The van der Waals surface area contributed by atoms with Crippen LogP contribution in [0.3, 0.4) is 0 Å². The van der Waals surface area contributed by atoms with Gasteiger partial charge in [-0.1, -0.05) is 0 Å². The predicted molar refractivity (Wildman–Crippen MR) is 123 cm³/mol. The number of nitrogens with zero attached hydrogens (tertiary/aromatic N) is 3. The molecule has 1 spiro atoms. The van der Waals surface area contributed by atoms with Crippen LogP contribution in [0.1, 0.15) is 57.9 Å². The number of halogens is 1. The predicted octanol–water partition coefficient (Wildman–Crippen LogP) is 1.01. The summed E-state index contributed by atoms with van der Waals surface area (Å²) < 4.78 is 10.8. The van der Waals surface area contributed by atoms with Crippen molar-refractivity contribution in [3.8, 4) is 5.75 Å². The summed E-state index contributed by atoms with van der Waals surface area (Å²) in [6.45, 7) is 10.6. The molecular weight excluding hydrogens is 751 g/mol. The third-order valence-electron chi connectivity index (χ3n) is 7.33. The second-order valence-electron chi connectivity index (χ2n) is 9.79. The molecule has 4 heterocycles. The fraction of sp³-hybridized carbons (Fsp3) is 0.538. The summed E-state index contributed by atoms with van der Waals surface area (Å²) in [5.74, 6) is 2.24. The van der Waals surface area contributed by atoms with Gasteiger partial charge in [0.1, 0.15) is 5.75 Å². The van der Waals surface area contributed by atoms with Crippen LogP contribution in [0.5, 0.6) is 5.75 Å². The Kier molecular flexibility index (Phi) is 7.95. The van der Waals surface area contributed by atoms with Gasteiger partial charge in [-0.3, -0.25) is 5.92 Å². The first-order valence-corrected chi connectivity index (χ1v) is 14.5. The van der Waals surface area contributed by atoms with Crippen LogP contribution in [0.15, 0.2) is 30.3 Å². The van der Waals surface area contributed by atoms with Crippen molar-refractivity contribution in [3.05, 3.63) is 58.8 Å². The number of hydrogen-bond acceptors (Lipinski definition) is 3. The maximum atomic E-state index is 13.3. The van der Waals surface area contributed by atoms with Crippen molar-refractivity contribution in [1.82, 2.24) is 14.4 Å². The number of piperidine rings is 1. The van der Waals surface area contributed by atoms with E-state index in [4.69, 9.17) is 4.74 Å². The SMILES string of the molecule is Cc1cc(C(=O)N2CCC3(CC2)c2ccc(C4C[I-]4)n2CCN3C)ccc1OC[C-](C)C.[U]. The van der Waals surface area contributed by atoms with E-state index in [0.29, 0.717) is 27.8 Å². The van der Waals surface area contributed by atoms with E-state index in [2.05, 4.69) is 42.5 Å². The normalized spacial score (nSPS) is 21.8. The van der Waals surface area contributed by atoms with E-state index in [-0.39, 0.29) is 42.6 Å². The van der Waals surface area contributed by atoms with Crippen LogP contribution < -0.4 is 25.9 Å². The summed E-state index contributed by atoms with van der Waals surface area (Å²) in [6, 6.07) is 10.6. The monoisotopic (exact) mass is 785 g/mol. The van der Waals surface area contributed by atoms with Gasteiger partial charge in [-0.25, -0.2) is 0 Å². The van der Waals surface area contributed by atoms with Crippen LogP contribution in [0.4, 0.5) is 0 Å². The molecule has 2 saturated heterocycles. The van der Waals surface area contributed by atoms with Crippen LogP contribution >= 0.6 is 0 Å². The second kappa shape index (κ2) is 10.2. The molecule has 1 amide bonds. The molecule has 5 rings (SSSR count). The van der Waals surface area contributed by atoms with Crippen LogP contribution in [0.2, 0.25) is 0 Å². The Morgan fingerprint density at radius 3 is 2.52 bits per heavy atom. The number of alkyl halides is 2. The number of ether oxygens (including phenoxy) is 1. The number of aryl methyl sites for hydroxylation is 1. The van der Waals surface area contributed by atoms with Crippen molar-refractivity contribution in [3.63, 3.8) is 0 Å². The van der Waals surface area contributed by atoms with Crippen LogP contribution in [0, 0.1) is 44.0 Å². The molecule has 3 aliphatic rings. The minimum Gasteiger partial charge on any atom is -0.525 e. The average Bonchev–Trinajstić information content (AvgIpc) is 3.54. The summed E-state index contributed by atoms with van der Waals surface area (Å²) in [4.78, 5) is 17.9. The molecule has 33 heavy (non-hydrogen) atoms. The van der Waals surface area contributed by atoms with Crippen molar-refractivity contribution < 1.29 is 61.8 Å². The average molecular weight is 786 g/mol. The number of likely N-dealkylation sites (tertiary alicyclic amines) is 1. The van der Waals surface area contributed by atoms with Gasteiger partial charge in [0.05, 0.1) is 0 Å². The van der Waals surface area contributed by atoms with Crippen LogP contribution in [-0.2, 0) is 12.1 Å². The Morgan fingerprint density at radius 1 is 1.15 bits per heavy atom. The number of fused-ring (bicyclic) bond motifs is 2. The Hall–Kier alpha value is -0.488. The van der Waals surface area contributed by atoms with Crippen molar-refractivity contribution in [2.24, 2.45) is 0 Å². The first kappa shape index (κ1) is 25.6. The Labute approximate surface area is 232 Å². The van der Waals surface area contributed by atoms with Gasteiger partial charge in [-0.05, 0) is 13.5 Å². The molecular formula is C26H34IN3O2U-2. The molecule has 1 aromatic carbocycles. The molecule has 5 nitrogen and oxygen atoms in total. The zero-order chi connectivity index (χ0) is 22.5. The van der Waals surface area contributed by atoms with Gasteiger partial charge >= 0.3 is 159 Å². The van der Waals surface area contributed by atoms with Crippen molar-refractivity contribution >= 4 is 5.91 Å². The number of carbonyl (C=O) groups is 1. The molecule has 3 aliphatic heterocycles. The number of rotatable bonds is 5. The van der Waals surface area contributed by atoms with Gasteiger partial charge in [-0.2, -0.15) is 13.8 Å². The second-order valence-corrected chi connectivity index (χ2v) is 13.1. The molecule has 178 valence electrons. The molecule has 0 bridgehead atoms. The van der Waals surface area contributed by atoms with Gasteiger partial charge in [-0.15, -0.1) is 0 Å². The van der Waals surface area contributed by atoms with E-state index in [1.807, 2.05) is 30.0 Å². The number of carbonyl (C=O) groups excluding carboxylic acids is 1. The van der Waals surface area contributed by atoms with Gasteiger partial charge in [0.25, 0.3) is 0 Å². The smallest absolute Gasteiger partial charge is 0.525 e. The summed E-state index contributed by atoms with van der Waals surface area (Å²) in [7, 11) is 2.27. The summed E-state index contributed by atoms with van der Waals surface area (Å²) in [5.41, 5.74) is 4.94. The Morgan fingerprint density at radius 2 is 1.88 bits per heavy atom. The molecule has 0 radical (unpaired) electrons. The minimum absolute atomic E-state index is 0. The minimum atomic E-state index is 0. The summed E-state index contributed by atoms with van der Waals surface area (Å²) in [6.07, 6.45) is 2.01. The standard InChI is InChI=1S/C26H34IN3O2.U/c1-18(2)17-32-23-7-5-20(15-19(23)3)25(31)29-11-9-26(10-12-29)24-8-6-22(21-16-27-21)30(24)14-13-28(26)4;/h5-8,15,21H,9-14,16-17H2,1-4H3;/q-2;. The van der Waals surface area contributed by atoms with Gasteiger partial charge < -0.3 is 4.74 Å². The van der Waals surface area contributed by atoms with E-state index in [1.165, 1.54) is 16.0 Å². The molecule has 1 aromatic heterocycles. The van der Waals surface area contributed by atoms with Gasteiger partial charge in [0.15, 0.2) is 0 Å².